The Morgan fingerprint density at radius 3 is 2.23 bits per heavy atom. The number of benzene rings is 1. The Bertz CT molecular complexity index is 929. The van der Waals surface area contributed by atoms with Gasteiger partial charge in [-0.1, -0.05) is 0 Å². The van der Waals surface area contributed by atoms with Gasteiger partial charge in [0, 0.05) is 31.6 Å². The maximum Gasteiger partial charge on any atom is 0.335 e. The zero-order valence-corrected chi connectivity index (χ0v) is 15.6. The number of hydrogen-bond acceptors (Lipinski definition) is 6. The van der Waals surface area contributed by atoms with Gasteiger partial charge in [0.1, 0.15) is 0 Å². The molecule has 2 heterocycles. The van der Waals surface area contributed by atoms with Crippen molar-refractivity contribution in [2.45, 2.75) is 11.8 Å². The van der Waals surface area contributed by atoms with Gasteiger partial charge in [0.25, 0.3) is 5.91 Å². The number of sulfonamides is 1. The van der Waals surface area contributed by atoms with E-state index in [0.717, 1.165) is 0 Å². The molecular formula is C16H17N3O5S2. The van der Waals surface area contributed by atoms with Gasteiger partial charge in [-0.25, -0.2) is 13.2 Å². The van der Waals surface area contributed by atoms with Crippen molar-refractivity contribution in [3.05, 3.63) is 46.5 Å². The Hall–Kier alpha value is -2.30. The highest BCUT2D eigenvalue weighted by Gasteiger charge is 2.31. The number of carboxylic acids is 1. The number of hydrogen-bond donors (Lipinski definition) is 1. The van der Waals surface area contributed by atoms with Gasteiger partial charge in [0.05, 0.1) is 21.7 Å². The average Bonchev–Trinajstić information content (AvgIpc) is 3.07. The summed E-state index contributed by atoms with van der Waals surface area (Å²) in [7, 11) is -3.72. The molecule has 26 heavy (non-hydrogen) atoms. The van der Waals surface area contributed by atoms with Crippen molar-refractivity contribution in [3.63, 3.8) is 0 Å². The molecule has 2 aromatic rings. The van der Waals surface area contributed by atoms with Crippen LogP contribution < -0.4 is 0 Å². The number of carbonyl (C=O) groups is 2. The van der Waals surface area contributed by atoms with E-state index in [0.29, 0.717) is 24.3 Å². The van der Waals surface area contributed by atoms with E-state index in [1.807, 2.05) is 0 Å². The van der Waals surface area contributed by atoms with Gasteiger partial charge in [-0.3, -0.25) is 4.79 Å². The molecule has 0 aliphatic carbocycles. The molecule has 0 radical (unpaired) electrons. The van der Waals surface area contributed by atoms with E-state index >= 15 is 0 Å². The van der Waals surface area contributed by atoms with Gasteiger partial charge >= 0.3 is 5.97 Å². The summed E-state index contributed by atoms with van der Waals surface area (Å²) in [6.45, 7) is 2.73. The quantitative estimate of drug-likeness (QED) is 0.836. The lowest BCUT2D eigenvalue weighted by atomic mass is 10.2. The topological polar surface area (TPSA) is 108 Å². The van der Waals surface area contributed by atoms with E-state index in [1.54, 1.807) is 17.2 Å². The summed E-state index contributed by atoms with van der Waals surface area (Å²) in [5, 5.41) is 10.6. The van der Waals surface area contributed by atoms with Crippen LogP contribution in [0.4, 0.5) is 0 Å². The van der Waals surface area contributed by atoms with Gasteiger partial charge < -0.3 is 10.0 Å². The predicted molar refractivity (Wildman–Crippen MR) is 94.9 cm³/mol. The van der Waals surface area contributed by atoms with Crippen molar-refractivity contribution in [1.29, 1.82) is 0 Å². The lowest BCUT2D eigenvalue weighted by molar-refractivity contribution is 0.0689. The summed E-state index contributed by atoms with van der Waals surface area (Å²) in [5.41, 5.74) is 1.25. The van der Waals surface area contributed by atoms with Crippen molar-refractivity contribution >= 4 is 33.4 Å². The van der Waals surface area contributed by atoms with E-state index in [-0.39, 0.29) is 29.5 Å². The Labute approximate surface area is 154 Å². The van der Waals surface area contributed by atoms with Crippen LogP contribution in [0.2, 0.25) is 0 Å². The molecular weight excluding hydrogens is 378 g/mol. The van der Waals surface area contributed by atoms with Crippen LogP contribution in [0.3, 0.4) is 0 Å². The SMILES string of the molecule is Cc1nscc1C(=O)N1CCN(S(=O)(=O)c2ccc(C(=O)O)cc2)CC1. The summed E-state index contributed by atoms with van der Waals surface area (Å²) in [6.07, 6.45) is 0. The fourth-order valence-corrected chi connectivity index (χ4v) is 4.83. The molecule has 1 aromatic heterocycles. The van der Waals surface area contributed by atoms with Gasteiger partial charge in [0.15, 0.2) is 0 Å². The number of piperazine rings is 1. The van der Waals surface area contributed by atoms with E-state index < -0.39 is 16.0 Å². The van der Waals surface area contributed by atoms with Crippen molar-refractivity contribution in [3.8, 4) is 0 Å². The lowest BCUT2D eigenvalue weighted by Crippen LogP contribution is -2.50. The molecule has 3 rings (SSSR count). The number of rotatable bonds is 4. The summed E-state index contributed by atoms with van der Waals surface area (Å²) in [4.78, 5) is 25.0. The summed E-state index contributed by atoms with van der Waals surface area (Å²) in [5.74, 6) is -1.25. The Balaban J connectivity index is 1.69. The van der Waals surface area contributed by atoms with Crippen LogP contribution in [-0.4, -0.2) is 65.2 Å². The molecule has 0 spiro atoms. The molecule has 0 saturated carbocycles. The van der Waals surface area contributed by atoms with Crippen LogP contribution in [0, 0.1) is 6.92 Å². The number of carboxylic acid groups (broad SMARTS) is 1. The Kier molecular flexibility index (Phi) is 5.08. The van der Waals surface area contributed by atoms with Crippen molar-refractivity contribution < 1.29 is 23.1 Å². The summed E-state index contributed by atoms with van der Waals surface area (Å²) >= 11 is 1.22. The molecule has 1 N–H and O–H groups in total. The lowest BCUT2D eigenvalue weighted by Gasteiger charge is -2.34. The van der Waals surface area contributed by atoms with Crippen molar-refractivity contribution in [2.75, 3.05) is 26.2 Å². The van der Waals surface area contributed by atoms with Crippen molar-refractivity contribution in [1.82, 2.24) is 13.6 Å². The zero-order valence-electron chi connectivity index (χ0n) is 14.0. The number of aryl methyl sites for hydroxylation is 1. The van der Waals surface area contributed by atoms with Crippen LogP contribution in [0.5, 0.6) is 0 Å². The third-order valence-corrected chi connectivity index (χ3v) is 6.88. The fraction of sp³-hybridized carbons (Fsp3) is 0.312. The highest BCUT2D eigenvalue weighted by molar-refractivity contribution is 7.89. The highest BCUT2D eigenvalue weighted by atomic mass is 32.2. The van der Waals surface area contributed by atoms with Gasteiger partial charge in [0.2, 0.25) is 10.0 Å². The summed E-state index contributed by atoms with van der Waals surface area (Å²) < 4.78 is 30.8. The van der Waals surface area contributed by atoms with E-state index in [9.17, 15) is 18.0 Å². The fourth-order valence-electron chi connectivity index (χ4n) is 2.72. The summed E-state index contributed by atoms with van der Waals surface area (Å²) in [6, 6.07) is 5.11. The van der Waals surface area contributed by atoms with Crippen molar-refractivity contribution in [2.24, 2.45) is 0 Å². The first-order valence-electron chi connectivity index (χ1n) is 7.84. The van der Waals surface area contributed by atoms with Gasteiger partial charge in [-0.15, -0.1) is 0 Å². The molecule has 1 aliphatic rings. The van der Waals surface area contributed by atoms with Crippen LogP contribution >= 0.6 is 11.5 Å². The van der Waals surface area contributed by atoms with Gasteiger partial charge in [-0.2, -0.15) is 8.68 Å². The second kappa shape index (κ2) is 7.14. The minimum atomic E-state index is -3.72. The smallest absolute Gasteiger partial charge is 0.335 e. The first-order chi connectivity index (χ1) is 12.3. The molecule has 0 atom stereocenters. The molecule has 1 aliphatic heterocycles. The largest absolute Gasteiger partial charge is 0.478 e. The third kappa shape index (κ3) is 3.48. The normalized spacial score (nSPS) is 15.8. The van der Waals surface area contributed by atoms with E-state index in [1.165, 1.54) is 40.1 Å². The first kappa shape index (κ1) is 18.5. The molecule has 1 aromatic carbocycles. The maximum absolute atomic E-state index is 12.7. The minimum absolute atomic E-state index is 0.0270. The van der Waals surface area contributed by atoms with E-state index in [2.05, 4.69) is 4.37 Å². The number of aromatic carboxylic acids is 1. The number of amides is 1. The highest BCUT2D eigenvalue weighted by Crippen LogP contribution is 2.20. The molecule has 1 fully saturated rings. The molecule has 0 unspecified atom stereocenters. The molecule has 8 nitrogen and oxygen atoms in total. The monoisotopic (exact) mass is 395 g/mol. The minimum Gasteiger partial charge on any atom is -0.478 e. The number of nitrogens with zero attached hydrogens (tertiary/aromatic N) is 3. The number of carbonyl (C=O) groups excluding carboxylic acids is 1. The second-order valence-electron chi connectivity index (χ2n) is 5.84. The van der Waals surface area contributed by atoms with Crippen LogP contribution in [0.1, 0.15) is 26.4 Å². The maximum atomic E-state index is 12.7. The second-order valence-corrected chi connectivity index (χ2v) is 8.41. The number of aromatic nitrogens is 1. The third-order valence-electron chi connectivity index (χ3n) is 4.25. The molecule has 0 bridgehead atoms. The Morgan fingerprint density at radius 1 is 1.12 bits per heavy atom. The Morgan fingerprint density at radius 2 is 1.73 bits per heavy atom. The van der Waals surface area contributed by atoms with Crippen LogP contribution in [0.25, 0.3) is 0 Å². The first-order valence-corrected chi connectivity index (χ1v) is 10.1. The molecule has 1 saturated heterocycles. The van der Waals surface area contributed by atoms with Gasteiger partial charge in [-0.05, 0) is 42.7 Å². The predicted octanol–water partition coefficient (Wildman–Crippen LogP) is 1.30. The van der Waals surface area contributed by atoms with Crippen LogP contribution in [-0.2, 0) is 10.0 Å². The molecule has 138 valence electrons. The average molecular weight is 395 g/mol. The van der Waals surface area contributed by atoms with Crippen LogP contribution in [0.15, 0.2) is 34.5 Å². The van der Waals surface area contributed by atoms with E-state index in [4.69, 9.17) is 5.11 Å². The standard InChI is InChI=1S/C16H17N3O5S2/c1-11-14(10-25-17-11)15(20)18-6-8-19(9-7-18)26(23,24)13-4-2-12(3-5-13)16(21)22/h2-5,10H,6-9H2,1H3,(H,21,22). The molecule has 10 heteroatoms. The zero-order chi connectivity index (χ0) is 18.9. The molecule has 1 amide bonds.